The van der Waals surface area contributed by atoms with E-state index in [9.17, 15) is 9.59 Å². The van der Waals surface area contributed by atoms with Gasteiger partial charge >= 0.3 is 0 Å². The molecule has 0 aromatic heterocycles. The van der Waals surface area contributed by atoms with Crippen molar-refractivity contribution in [3.8, 4) is 5.75 Å². The quantitative estimate of drug-likeness (QED) is 0.674. The van der Waals surface area contributed by atoms with E-state index in [0.29, 0.717) is 12.3 Å². The number of hydrogen-bond acceptors (Lipinski definition) is 3. The van der Waals surface area contributed by atoms with Crippen molar-refractivity contribution in [3.05, 3.63) is 63.0 Å². The summed E-state index contributed by atoms with van der Waals surface area (Å²) in [7, 11) is 0. The second-order valence-electron chi connectivity index (χ2n) is 4.92. The maximum Gasteiger partial charge on any atom is 0.258 e. The molecule has 0 aliphatic carbocycles. The van der Waals surface area contributed by atoms with Crippen LogP contribution in [-0.2, 0) is 16.1 Å². The first-order valence-corrected chi connectivity index (χ1v) is 8.78. The van der Waals surface area contributed by atoms with Gasteiger partial charge in [0.15, 0.2) is 6.61 Å². The van der Waals surface area contributed by atoms with E-state index >= 15 is 0 Å². The second-order valence-corrected chi connectivity index (χ2v) is 6.75. The van der Waals surface area contributed by atoms with Crippen LogP contribution < -0.4 is 15.4 Å². The average Bonchev–Trinajstić information content (AvgIpc) is 2.59. The van der Waals surface area contributed by atoms with E-state index in [1.54, 1.807) is 12.1 Å². The van der Waals surface area contributed by atoms with Crippen molar-refractivity contribution in [2.45, 2.75) is 6.54 Å². The van der Waals surface area contributed by atoms with E-state index in [-0.39, 0.29) is 25.0 Å². The predicted molar refractivity (Wildman–Crippen MR) is 98.6 cm³/mol. The molecule has 2 amide bonds. The third-order valence-corrected chi connectivity index (χ3v) is 4.09. The van der Waals surface area contributed by atoms with Gasteiger partial charge in [-0.1, -0.05) is 44.0 Å². The number of nitrogens with one attached hydrogen (secondary N) is 2. The minimum absolute atomic E-state index is 0.0843. The van der Waals surface area contributed by atoms with Gasteiger partial charge in [-0.15, -0.1) is 0 Å². The van der Waals surface area contributed by atoms with Gasteiger partial charge in [0.25, 0.3) is 5.91 Å². The van der Waals surface area contributed by atoms with Crippen LogP contribution in [0.3, 0.4) is 0 Å². The summed E-state index contributed by atoms with van der Waals surface area (Å²) in [6.45, 7) is 0.193. The molecule has 2 aromatic rings. The summed E-state index contributed by atoms with van der Waals surface area (Å²) in [6, 6.07) is 14.8. The van der Waals surface area contributed by atoms with Crippen molar-refractivity contribution in [1.82, 2.24) is 10.6 Å². The highest BCUT2D eigenvalue weighted by atomic mass is 79.9. The fourth-order valence-corrected chi connectivity index (χ4v) is 2.30. The summed E-state index contributed by atoms with van der Waals surface area (Å²) < 4.78 is 7.24. The molecule has 0 heterocycles. The molecular formula is C17H16Br2N2O3. The van der Waals surface area contributed by atoms with E-state index in [1.165, 1.54) is 0 Å². The van der Waals surface area contributed by atoms with E-state index in [2.05, 4.69) is 42.5 Å². The zero-order valence-corrected chi connectivity index (χ0v) is 15.9. The van der Waals surface area contributed by atoms with Crippen molar-refractivity contribution in [1.29, 1.82) is 0 Å². The summed E-state index contributed by atoms with van der Waals surface area (Å²) in [6.07, 6.45) is 0. The minimum atomic E-state index is -0.350. The zero-order chi connectivity index (χ0) is 17.4. The van der Waals surface area contributed by atoms with Gasteiger partial charge in [-0.3, -0.25) is 9.59 Å². The molecule has 0 atom stereocenters. The molecule has 0 fully saturated rings. The van der Waals surface area contributed by atoms with E-state index in [1.807, 2.05) is 36.4 Å². The smallest absolute Gasteiger partial charge is 0.258 e. The van der Waals surface area contributed by atoms with E-state index in [4.69, 9.17) is 4.74 Å². The predicted octanol–water partition coefficient (Wildman–Crippen LogP) is 3.02. The Bertz CT molecular complexity index is 626. The normalized spacial score (nSPS) is 10.1. The number of benzene rings is 2. The highest BCUT2D eigenvalue weighted by Crippen LogP contribution is 2.15. The Morgan fingerprint density at radius 2 is 1.42 bits per heavy atom. The molecule has 0 unspecified atom stereocenters. The van der Waals surface area contributed by atoms with Gasteiger partial charge in [0.2, 0.25) is 5.91 Å². The van der Waals surface area contributed by atoms with Crippen molar-refractivity contribution in [2.24, 2.45) is 0 Å². The molecule has 0 bridgehead atoms. The van der Waals surface area contributed by atoms with Crippen LogP contribution in [0.5, 0.6) is 5.75 Å². The van der Waals surface area contributed by atoms with Gasteiger partial charge in [0, 0.05) is 15.5 Å². The molecule has 0 spiro atoms. The molecule has 2 aromatic carbocycles. The first-order valence-electron chi connectivity index (χ1n) is 7.19. The zero-order valence-electron chi connectivity index (χ0n) is 12.7. The molecule has 0 aliphatic rings. The molecule has 0 radical (unpaired) electrons. The van der Waals surface area contributed by atoms with Crippen LogP contribution in [0.4, 0.5) is 0 Å². The van der Waals surface area contributed by atoms with Gasteiger partial charge in [0.05, 0.1) is 6.54 Å². The average molecular weight is 456 g/mol. The third kappa shape index (κ3) is 6.72. The fraction of sp³-hybridized carbons (Fsp3) is 0.176. The Morgan fingerprint density at radius 1 is 0.833 bits per heavy atom. The van der Waals surface area contributed by atoms with Crippen LogP contribution in [0.25, 0.3) is 0 Å². The van der Waals surface area contributed by atoms with Crippen LogP contribution >= 0.6 is 31.9 Å². The lowest BCUT2D eigenvalue weighted by molar-refractivity contribution is -0.127. The Labute approximate surface area is 157 Å². The molecular weight excluding hydrogens is 440 g/mol. The van der Waals surface area contributed by atoms with Crippen LogP contribution in [0.15, 0.2) is 57.5 Å². The first kappa shape index (κ1) is 18.5. The van der Waals surface area contributed by atoms with Crippen LogP contribution in [0, 0.1) is 0 Å². The largest absolute Gasteiger partial charge is 0.484 e. The number of halogens is 2. The van der Waals surface area contributed by atoms with Gasteiger partial charge in [-0.05, 0) is 42.0 Å². The van der Waals surface area contributed by atoms with Crippen LogP contribution in [-0.4, -0.2) is 25.0 Å². The number of rotatable bonds is 7. The number of amides is 2. The Kier molecular flexibility index (Phi) is 7.27. The third-order valence-electron chi connectivity index (χ3n) is 3.03. The number of ether oxygens (including phenoxy) is 1. The molecule has 0 saturated heterocycles. The maximum absolute atomic E-state index is 11.7. The standard InChI is InChI=1S/C17H16Br2N2O3/c18-13-3-1-12(2-4-13)9-20-16(22)10-21-17(23)11-24-15-7-5-14(19)6-8-15/h1-8H,9-11H2,(H,20,22)(H,21,23). The molecule has 24 heavy (non-hydrogen) atoms. The van der Waals surface area contributed by atoms with Crippen molar-refractivity contribution in [2.75, 3.05) is 13.2 Å². The SMILES string of the molecule is O=C(CNC(=O)COc1ccc(Br)cc1)NCc1ccc(Br)cc1. The molecule has 7 heteroatoms. The lowest BCUT2D eigenvalue weighted by Gasteiger charge is -2.08. The fourth-order valence-electron chi connectivity index (χ4n) is 1.78. The molecule has 2 N–H and O–H groups in total. The summed E-state index contributed by atoms with van der Waals surface area (Å²) in [5, 5.41) is 5.26. The lowest BCUT2D eigenvalue weighted by atomic mass is 10.2. The van der Waals surface area contributed by atoms with Crippen molar-refractivity contribution < 1.29 is 14.3 Å². The Balaban J connectivity index is 1.64. The van der Waals surface area contributed by atoms with E-state index < -0.39 is 0 Å². The highest BCUT2D eigenvalue weighted by molar-refractivity contribution is 9.10. The maximum atomic E-state index is 11.7. The summed E-state index contributed by atoms with van der Waals surface area (Å²) in [4.78, 5) is 23.4. The summed E-state index contributed by atoms with van der Waals surface area (Å²) in [5.41, 5.74) is 0.983. The minimum Gasteiger partial charge on any atom is -0.484 e. The van der Waals surface area contributed by atoms with Crippen LogP contribution in [0.2, 0.25) is 0 Å². The van der Waals surface area contributed by atoms with Crippen molar-refractivity contribution >= 4 is 43.7 Å². The van der Waals surface area contributed by atoms with E-state index in [0.717, 1.165) is 14.5 Å². The lowest BCUT2D eigenvalue weighted by Crippen LogP contribution is -2.38. The Hall–Kier alpha value is -1.86. The van der Waals surface area contributed by atoms with Gasteiger partial charge in [-0.2, -0.15) is 0 Å². The summed E-state index contributed by atoms with van der Waals surface area (Å²) in [5.74, 6) is -0.0142. The van der Waals surface area contributed by atoms with Crippen LogP contribution in [0.1, 0.15) is 5.56 Å². The molecule has 5 nitrogen and oxygen atoms in total. The molecule has 0 saturated carbocycles. The monoisotopic (exact) mass is 454 g/mol. The summed E-state index contributed by atoms with van der Waals surface area (Å²) >= 11 is 6.67. The first-order chi connectivity index (χ1) is 11.5. The van der Waals surface area contributed by atoms with Crippen molar-refractivity contribution in [3.63, 3.8) is 0 Å². The number of carbonyl (C=O) groups excluding carboxylic acids is 2. The highest BCUT2D eigenvalue weighted by Gasteiger charge is 2.06. The molecule has 2 rings (SSSR count). The Morgan fingerprint density at radius 3 is 2.04 bits per heavy atom. The number of hydrogen-bond donors (Lipinski definition) is 2. The molecule has 126 valence electrons. The second kappa shape index (κ2) is 9.44. The molecule has 0 aliphatic heterocycles. The van der Waals surface area contributed by atoms with Gasteiger partial charge < -0.3 is 15.4 Å². The number of carbonyl (C=O) groups is 2. The topological polar surface area (TPSA) is 67.4 Å². The van der Waals surface area contributed by atoms with Gasteiger partial charge in [0.1, 0.15) is 5.75 Å². The van der Waals surface area contributed by atoms with Gasteiger partial charge in [-0.25, -0.2) is 0 Å².